The average Bonchev–Trinajstić information content (AvgIpc) is 3.12. The highest BCUT2D eigenvalue weighted by molar-refractivity contribution is 7.89. The van der Waals surface area contributed by atoms with Crippen molar-refractivity contribution in [2.75, 3.05) is 11.9 Å². The number of para-hydroxylation sites is 1. The molecule has 0 unspecified atom stereocenters. The van der Waals surface area contributed by atoms with Crippen molar-refractivity contribution >= 4 is 33.2 Å². The van der Waals surface area contributed by atoms with Crippen molar-refractivity contribution in [3.8, 4) is 0 Å². The van der Waals surface area contributed by atoms with Gasteiger partial charge in [0, 0.05) is 17.3 Å². The van der Waals surface area contributed by atoms with Crippen LogP contribution in [0.15, 0.2) is 53.4 Å². The van der Waals surface area contributed by atoms with Crippen molar-refractivity contribution in [1.29, 1.82) is 0 Å². The number of sulfonamides is 1. The Morgan fingerprint density at radius 2 is 1.75 bits per heavy atom. The van der Waals surface area contributed by atoms with Crippen LogP contribution in [0, 0.1) is 0 Å². The molecule has 0 aliphatic carbocycles. The fraction of sp³-hybridized carbons (Fsp3) is 0.381. The number of anilines is 1. The molecule has 3 rings (SSSR count). The first-order valence-electron chi connectivity index (χ1n) is 9.28. The van der Waals surface area contributed by atoms with E-state index in [0.29, 0.717) is 24.4 Å². The molecule has 0 aromatic heterocycles. The number of carbonyl (C=O) groups excluding carboxylic acids is 1. The zero-order valence-corrected chi connectivity index (χ0v) is 17.8. The van der Waals surface area contributed by atoms with Gasteiger partial charge in [0.2, 0.25) is 15.9 Å². The lowest BCUT2D eigenvalue weighted by molar-refractivity contribution is -0.119. The number of rotatable bonds is 4. The summed E-state index contributed by atoms with van der Waals surface area (Å²) in [6, 6.07) is 12.9. The molecule has 1 amide bonds. The Bertz CT molecular complexity index is 966. The Balaban J connectivity index is 1.86. The SMILES string of the molecule is CC(C)(C)c1ccccc1NC(=O)[C@H]1CCCN1S(=O)(=O)c1ccc(Cl)cc1. The van der Waals surface area contributed by atoms with Crippen molar-refractivity contribution < 1.29 is 13.2 Å². The maximum Gasteiger partial charge on any atom is 0.243 e. The van der Waals surface area contributed by atoms with Crippen molar-refractivity contribution in [3.63, 3.8) is 0 Å². The fourth-order valence-electron chi connectivity index (χ4n) is 3.49. The lowest BCUT2D eigenvalue weighted by Crippen LogP contribution is -2.43. The van der Waals surface area contributed by atoms with Crippen molar-refractivity contribution in [2.24, 2.45) is 0 Å². The summed E-state index contributed by atoms with van der Waals surface area (Å²) in [6.45, 7) is 6.55. The maximum absolute atomic E-state index is 13.0. The van der Waals surface area contributed by atoms with Gasteiger partial charge >= 0.3 is 0 Å². The second kappa shape index (κ2) is 7.85. The van der Waals surface area contributed by atoms with Crippen LogP contribution >= 0.6 is 11.6 Å². The van der Waals surface area contributed by atoms with Crippen LogP contribution in [0.1, 0.15) is 39.2 Å². The molecule has 1 aliphatic heterocycles. The number of nitrogens with one attached hydrogen (secondary N) is 1. The predicted molar refractivity (Wildman–Crippen MR) is 112 cm³/mol. The Morgan fingerprint density at radius 1 is 1.11 bits per heavy atom. The second-order valence-electron chi connectivity index (χ2n) is 8.01. The molecule has 2 aromatic rings. The number of nitrogens with zero attached hydrogens (tertiary/aromatic N) is 1. The summed E-state index contributed by atoms with van der Waals surface area (Å²) in [5.74, 6) is -0.299. The molecular weight excluding hydrogens is 396 g/mol. The quantitative estimate of drug-likeness (QED) is 0.795. The normalized spacial score (nSPS) is 18.2. The first-order valence-corrected chi connectivity index (χ1v) is 11.1. The first kappa shape index (κ1) is 20.8. The van der Waals surface area contributed by atoms with Gasteiger partial charge in [-0.25, -0.2) is 8.42 Å². The van der Waals surface area contributed by atoms with Crippen LogP contribution in [0.2, 0.25) is 5.02 Å². The Kier molecular flexibility index (Phi) is 5.84. The zero-order valence-electron chi connectivity index (χ0n) is 16.3. The minimum absolute atomic E-state index is 0.144. The molecule has 0 saturated carbocycles. The summed E-state index contributed by atoms with van der Waals surface area (Å²) < 4.78 is 27.4. The van der Waals surface area contributed by atoms with E-state index in [4.69, 9.17) is 11.6 Å². The highest BCUT2D eigenvalue weighted by atomic mass is 35.5. The van der Waals surface area contributed by atoms with E-state index in [1.807, 2.05) is 24.3 Å². The lowest BCUT2D eigenvalue weighted by atomic mass is 9.86. The van der Waals surface area contributed by atoms with Gasteiger partial charge in [-0.15, -0.1) is 0 Å². The van der Waals surface area contributed by atoms with Gasteiger partial charge in [-0.05, 0) is 54.2 Å². The molecule has 0 radical (unpaired) electrons. The van der Waals surface area contributed by atoms with Crippen molar-refractivity contribution in [1.82, 2.24) is 4.31 Å². The Morgan fingerprint density at radius 3 is 2.39 bits per heavy atom. The van der Waals surface area contributed by atoms with E-state index in [0.717, 1.165) is 11.3 Å². The molecule has 5 nitrogen and oxygen atoms in total. The smallest absolute Gasteiger partial charge is 0.243 e. The third-order valence-electron chi connectivity index (χ3n) is 4.92. The van der Waals surface area contributed by atoms with Crippen LogP contribution in [0.25, 0.3) is 0 Å². The summed E-state index contributed by atoms with van der Waals surface area (Å²) in [5.41, 5.74) is 1.58. The molecule has 1 aliphatic rings. The molecule has 28 heavy (non-hydrogen) atoms. The van der Waals surface area contributed by atoms with Gasteiger partial charge in [-0.1, -0.05) is 50.6 Å². The number of hydrogen-bond acceptors (Lipinski definition) is 3. The largest absolute Gasteiger partial charge is 0.324 e. The average molecular weight is 421 g/mol. The topological polar surface area (TPSA) is 66.5 Å². The molecule has 1 N–H and O–H groups in total. The molecule has 0 bridgehead atoms. The summed E-state index contributed by atoms with van der Waals surface area (Å²) in [4.78, 5) is 13.1. The van der Waals surface area contributed by atoms with E-state index in [1.165, 1.54) is 16.4 Å². The third-order valence-corrected chi connectivity index (χ3v) is 7.09. The van der Waals surface area contributed by atoms with E-state index < -0.39 is 16.1 Å². The van der Waals surface area contributed by atoms with Gasteiger partial charge in [0.25, 0.3) is 0 Å². The van der Waals surface area contributed by atoms with E-state index in [2.05, 4.69) is 26.1 Å². The molecule has 1 atom stereocenters. The molecular formula is C21H25ClN2O3S. The van der Waals surface area contributed by atoms with E-state index >= 15 is 0 Å². The minimum atomic E-state index is -3.77. The molecule has 2 aromatic carbocycles. The van der Waals surface area contributed by atoms with Crippen LogP contribution in [-0.4, -0.2) is 31.2 Å². The molecule has 1 fully saturated rings. The van der Waals surface area contributed by atoms with Gasteiger partial charge in [-0.2, -0.15) is 4.31 Å². The predicted octanol–water partition coefficient (Wildman–Crippen LogP) is 4.43. The fourth-order valence-corrected chi connectivity index (χ4v) is 5.28. The van der Waals surface area contributed by atoms with Crippen LogP contribution in [0.4, 0.5) is 5.69 Å². The molecule has 7 heteroatoms. The highest BCUT2D eigenvalue weighted by Gasteiger charge is 2.39. The van der Waals surface area contributed by atoms with Crippen molar-refractivity contribution in [2.45, 2.75) is 50.0 Å². The molecule has 1 heterocycles. The lowest BCUT2D eigenvalue weighted by Gasteiger charge is -2.26. The van der Waals surface area contributed by atoms with Gasteiger partial charge in [-0.3, -0.25) is 4.79 Å². The van der Waals surface area contributed by atoms with Crippen molar-refractivity contribution in [3.05, 3.63) is 59.1 Å². The number of hydrogen-bond donors (Lipinski definition) is 1. The molecule has 150 valence electrons. The summed E-state index contributed by atoms with van der Waals surface area (Å²) in [5, 5.41) is 3.42. The Labute approximate surface area is 171 Å². The standard InChI is InChI=1S/C21H25ClN2O3S/c1-21(2,3)17-7-4-5-8-18(17)23-20(25)19-9-6-14-24(19)28(26,27)16-12-10-15(22)11-13-16/h4-5,7-8,10-13,19H,6,9,14H2,1-3H3,(H,23,25)/t19-/m1/s1. The maximum atomic E-state index is 13.0. The summed E-state index contributed by atoms with van der Waals surface area (Å²) in [6.07, 6.45) is 1.14. The van der Waals surface area contributed by atoms with Gasteiger partial charge in [0.1, 0.15) is 6.04 Å². The van der Waals surface area contributed by atoms with E-state index in [1.54, 1.807) is 12.1 Å². The van der Waals surface area contributed by atoms with Crippen LogP contribution in [0.3, 0.4) is 0 Å². The summed E-state index contributed by atoms with van der Waals surface area (Å²) >= 11 is 5.87. The van der Waals surface area contributed by atoms with E-state index in [-0.39, 0.29) is 16.2 Å². The number of benzene rings is 2. The van der Waals surface area contributed by atoms with E-state index in [9.17, 15) is 13.2 Å². The van der Waals surface area contributed by atoms with Gasteiger partial charge in [0.15, 0.2) is 0 Å². The number of halogens is 1. The van der Waals surface area contributed by atoms with Crippen LogP contribution < -0.4 is 5.32 Å². The minimum Gasteiger partial charge on any atom is -0.324 e. The Hall–Kier alpha value is -1.89. The first-order chi connectivity index (χ1) is 13.1. The van der Waals surface area contributed by atoms with Crippen LogP contribution in [0.5, 0.6) is 0 Å². The number of amides is 1. The monoisotopic (exact) mass is 420 g/mol. The highest BCUT2D eigenvalue weighted by Crippen LogP contribution is 2.31. The summed E-state index contributed by atoms with van der Waals surface area (Å²) in [7, 11) is -3.77. The molecule has 1 saturated heterocycles. The second-order valence-corrected chi connectivity index (χ2v) is 10.3. The molecule has 0 spiro atoms. The zero-order chi connectivity index (χ0) is 20.5. The van der Waals surface area contributed by atoms with Gasteiger partial charge in [0.05, 0.1) is 4.90 Å². The third kappa shape index (κ3) is 4.24. The van der Waals surface area contributed by atoms with Gasteiger partial charge < -0.3 is 5.32 Å². The number of carbonyl (C=O) groups is 1. The van der Waals surface area contributed by atoms with Crippen LogP contribution in [-0.2, 0) is 20.2 Å².